The second-order valence-corrected chi connectivity index (χ2v) is 8.28. The highest BCUT2D eigenvalue weighted by Crippen LogP contribution is 2.45. The van der Waals surface area contributed by atoms with Crippen molar-refractivity contribution in [3.8, 4) is 17.2 Å². The Labute approximate surface area is 207 Å². The molecular formula is C26H26F2N6O2. The van der Waals surface area contributed by atoms with E-state index in [1.54, 1.807) is 25.3 Å². The van der Waals surface area contributed by atoms with Gasteiger partial charge in [0.15, 0.2) is 11.6 Å². The molecule has 3 N–H and O–H groups in total. The second kappa shape index (κ2) is 10.7. The fourth-order valence-electron chi connectivity index (χ4n) is 4.19. The van der Waals surface area contributed by atoms with E-state index in [1.165, 1.54) is 11.0 Å². The van der Waals surface area contributed by atoms with Gasteiger partial charge in [0.05, 0.1) is 23.9 Å². The molecule has 0 atom stereocenters. The summed E-state index contributed by atoms with van der Waals surface area (Å²) < 4.78 is 31.0. The number of aliphatic hydroxyl groups excluding tert-OH is 1. The topological polar surface area (TPSA) is 105 Å². The van der Waals surface area contributed by atoms with Crippen LogP contribution in [0.15, 0.2) is 42.6 Å². The van der Waals surface area contributed by atoms with Crippen LogP contribution >= 0.6 is 0 Å². The summed E-state index contributed by atoms with van der Waals surface area (Å²) in [6.45, 7) is 5.08. The van der Waals surface area contributed by atoms with Gasteiger partial charge < -0.3 is 15.7 Å². The Bertz CT molecular complexity index is 1320. The molecule has 0 spiro atoms. The largest absolute Gasteiger partial charge is 0.395 e. The zero-order valence-electron chi connectivity index (χ0n) is 20.0. The number of amides is 2. The van der Waals surface area contributed by atoms with E-state index < -0.39 is 23.4 Å². The molecule has 1 aliphatic heterocycles. The number of aryl methyl sites for hydroxylation is 1. The molecule has 0 saturated carbocycles. The molecule has 0 bridgehead atoms. The number of fused-ring (bicyclic) bond motifs is 3. The highest BCUT2D eigenvalue weighted by atomic mass is 19.1. The maximum Gasteiger partial charge on any atom is 0.334 e. The maximum atomic E-state index is 15.5. The van der Waals surface area contributed by atoms with Crippen LogP contribution in [-0.4, -0.2) is 48.9 Å². The Morgan fingerprint density at radius 2 is 1.83 bits per heavy atom. The van der Waals surface area contributed by atoms with Gasteiger partial charge >= 0.3 is 6.03 Å². The standard InChI is InChI=1S/C26H26F2N6O2/c1-3-33-25-20(10-16(2)15-32-25)19-5-4-17(14-29)11-23(19)34(26(33)36)24-21(27)12-18(13-22(24)28)31-7-6-30-8-9-35/h4-5,10-13,15,30-31,35H,3,6-9H2,1-2H3. The van der Waals surface area contributed by atoms with Gasteiger partial charge in [-0.15, -0.1) is 0 Å². The van der Waals surface area contributed by atoms with Crippen molar-refractivity contribution in [3.05, 3.63) is 65.4 Å². The summed E-state index contributed by atoms with van der Waals surface area (Å²) in [6.07, 6.45) is 1.63. The van der Waals surface area contributed by atoms with Crippen molar-refractivity contribution in [1.29, 1.82) is 5.26 Å². The molecule has 36 heavy (non-hydrogen) atoms. The molecule has 2 aromatic carbocycles. The summed E-state index contributed by atoms with van der Waals surface area (Å²) in [4.78, 5) is 20.6. The van der Waals surface area contributed by atoms with E-state index in [2.05, 4.69) is 15.6 Å². The van der Waals surface area contributed by atoms with Gasteiger partial charge in [0.2, 0.25) is 0 Å². The van der Waals surface area contributed by atoms with Crippen LogP contribution in [0.25, 0.3) is 11.1 Å². The van der Waals surface area contributed by atoms with Gasteiger partial charge in [-0.3, -0.25) is 9.80 Å². The Morgan fingerprint density at radius 3 is 2.50 bits per heavy atom. The molecule has 0 saturated heterocycles. The molecule has 3 aromatic rings. The number of anilines is 4. The fraction of sp³-hybridized carbons (Fsp3) is 0.269. The monoisotopic (exact) mass is 492 g/mol. The molecule has 1 aromatic heterocycles. The van der Waals surface area contributed by atoms with Crippen molar-refractivity contribution in [2.45, 2.75) is 13.8 Å². The molecule has 0 aliphatic carbocycles. The molecule has 186 valence electrons. The number of carbonyl (C=O) groups is 1. The number of hydrogen-bond acceptors (Lipinski definition) is 6. The predicted molar refractivity (Wildman–Crippen MR) is 134 cm³/mol. The van der Waals surface area contributed by atoms with Gasteiger partial charge in [0.1, 0.15) is 11.5 Å². The first-order valence-corrected chi connectivity index (χ1v) is 11.6. The molecule has 2 heterocycles. The molecule has 0 unspecified atom stereocenters. The Morgan fingerprint density at radius 1 is 1.08 bits per heavy atom. The minimum atomic E-state index is -0.936. The fourth-order valence-corrected chi connectivity index (χ4v) is 4.19. The van der Waals surface area contributed by atoms with Crippen molar-refractivity contribution in [1.82, 2.24) is 10.3 Å². The van der Waals surface area contributed by atoms with Gasteiger partial charge in [-0.25, -0.2) is 18.6 Å². The number of halogens is 2. The first kappa shape index (κ1) is 25.0. The van der Waals surface area contributed by atoms with E-state index in [0.29, 0.717) is 36.6 Å². The molecule has 10 heteroatoms. The third-order valence-electron chi connectivity index (χ3n) is 5.82. The quantitative estimate of drug-likeness (QED) is 0.405. The lowest BCUT2D eigenvalue weighted by atomic mass is 10.00. The summed E-state index contributed by atoms with van der Waals surface area (Å²) >= 11 is 0. The Kier molecular flexibility index (Phi) is 7.43. The van der Waals surface area contributed by atoms with Crippen LogP contribution in [0.2, 0.25) is 0 Å². The summed E-state index contributed by atoms with van der Waals surface area (Å²) in [5.74, 6) is -1.50. The number of hydrogen-bond donors (Lipinski definition) is 3. The molecule has 0 fully saturated rings. The molecular weight excluding hydrogens is 466 g/mol. The van der Waals surface area contributed by atoms with E-state index in [-0.39, 0.29) is 30.1 Å². The minimum Gasteiger partial charge on any atom is -0.395 e. The first-order valence-electron chi connectivity index (χ1n) is 11.6. The van der Waals surface area contributed by atoms with Crippen LogP contribution in [0.1, 0.15) is 18.1 Å². The number of carbonyl (C=O) groups excluding carboxylic acids is 1. The highest BCUT2D eigenvalue weighted by Gasteiger charge is 2.36. The van der Waals surface area contributed by atoms with E-state index in [0.717, 1.165) is 22.6 Å². The number of nitriles is 1. The lowest BCUT2D eigenvalue weighted by Gasteiger charge is -2.28. The van der Waals surface area contributed by atoms with E-state index in [4.69, 9.17) is 5.11 Å². The van der Waals surface area contributed by atoms with Crippen LogP contribution in [0.3, 0.4) is 0 Å². The van der Waals surface area contributed by atoms with Crippen molar-refractivity contribution in [3.63, 3.8) is 0 Å². The van der Waals surface area contributed by atoms with E-state index in [1.807, 2.05) is 19.1 Å². The Hall–Kier alpha value is -4.07. The number of aliphatic hydroxyl groups is 1. The number of nitrogens with zero attached hydrogens (tertiary/aromatic N) is 4. The van der Waals surface area contributed by atoms with Crippen molar-refractivity contribution >= 4 is 28.9 Å². The van der Waals surface area contributed by atoms with Gasteiger partial charge in [-0.1, -0.05) is 6.07 Å². The predicted octanol–water partition coefficient (Wildman–Crippen LogP) is 4.30. The van der Waals surface area contributed by atoms with E-state index in [9.17, 15) is 10.1 Å². The number of nitrogens with one attached hydrogen (secondary N) is 2. The number of benzene rings is 2. The van der Waals surface area contributed by atoms with Crippen LogP contribution < -0.4 is 20.4 Å². The first-order chi connectivity index (χ1) is 17.4. The summed E-state index contributed by atoms with van der Waals surface area (Å²) in [5.41, 5.74) is 2.11. The van der Waals surface area contributed by atoms with Gasteiger partial charge in [0.25, 0.3) is 0 Å². The Balaban J connectivity index is 1.84. The van der Waals surface area contributed by atoms with Crippen LogP contribution in [0.4, 0.5) is 36.5 Å². The minimum absolute atomic E-state index is 0.00938. The highest BCUT2D eigenvalue weighted by molar-refractivity contribution is 6.15. The summed E-state index contributed by atoms with van der Waals surface area (Å²) in [6, 6.07) is 10.2. The molecule has 2 amide bonds. The SMILES string of the molecule is CCN1C(=O)N(c2c(F)cc(NCCNCCO)cc2F)c2cc(C#N)ccc2-c2cc(C)cnc21. The summed E-state index contributed by atoms with van der Waals surface area (Å²) in [5, 5.41) is 24.2. The van der Waals surface area contributed by atoms with Gasteiger partial charge in [-0.05, 0) is 49.7 Å². The van der Waals surface area contributed by atoms with Crippen LogP contribution in [0.5, 0.6) is 0 Å². The smallest absolute Gasteiger partial charge is 0.334 e. The average molecular weight is 493 g/mol. The normalized spacial score (nSPS) is 12.6. The lowest BCUT2D eigenvalue weighted by Crippen LogP contribution is -2.41. The number of aromatic nitrogens is 1. The summed E-state index contributed by atoms with van der Waals surface area (Å²) in [7, 11) is 0. The molecule has 8 nitrogen and oxygen atoms in total. The lowest BCUT2D eigenvalue weighted by molar-refractivity contribution is 0.253. The second-order valence-electron chi connectivity index (χ2n) is 8.28. The van der Waals surface area contributed by atoms with Crippen LogP contribution in [0, 0.1) is 29.9 Å². The zero-order valence-corrected chi connectivity index (χ0v) is 20.0. The zero-order chi connectivity index (χ0) is 25.8. The van der Waals surface area contributed by atoms with Gasteiger partial charge in [-0.2, -0.15) is 5.26 Å². The molecule has 0 radical (unpaired) electrons. The third-order valence-corrected chi connectivity index (χ3v) is 5.82. The average Bonchev–Trinajstić information content (AvgIpc) is 2.95. The van der Waals surface area contributed by atoms with E-state index >= 15 is 8.78 Å². The number of pyridine rings is 1. The number of rotatable bonds is 8. The van der Waals surface area contributed by atoms with Crippen molar-refractivity contribution in [2.24, 2.45) is 0 Å². The van der Waals surface area contributed by atoms with Crippen molar-refractivity contribution in [2.75, 3.05) is 47.9 Å². The van der Waals surface area contributed by atoms with Gasteiger partial charge in [0, 0.05) is 49.2 Å². The van der Waals surface area contributed by atoms with Crippen molar-refractivity contribution < 1.29 is 18.7 Å². The third kappa shape index (κ3) is 4.71. The van der Waals surface area contributed by atoms with Crippen LogP contribution in [-0.2, 0) is 0 Å². The molecule has 1 aliphatic rings. The molecule has 4 rings (SSSR count). The number of urea groups is 1. The maximum absolute atomic E-state index is 15.5.